The summed E-state index contributed by atoms with van der Waals surface area (Å²) < 4.78 is 0. The van der Waals surface area contributed by atoms with Gasteiger partial charge in [-0.25, -0.2) is 4.79 Å². The molecule has 1 saturated heterocycles. The van der Waals surface area contributed by atoms with Gasteiger partial charge in [0, 0.05) is 26.3 Å². The average molecular weight is 273 g/mol. The number of amides is 1. The molecule has 1 rings (SSSR count). The molecule has 1 heterocycles. The zero-order chi connectivity index (χ0) is 14.1. The van der Waals surface area contributed by atoms with Crippen LogP contribution in [0.25, 0.3) is 0 Å². The summed E-state index contributed by atoms with van der Waals surface area (Å²) in [6.07, 6.45) is 5.81. The first-order valence-electron chi connectivity index (χ1n) is 7.37. The van der Waals surface area contributed by atoms with Crippen molar-refractivity contribution in [2.45, 2.75) is 44.9 Å². The topological polar surface area (TPSA) is 81.0 Å². The van der Waals surface area contributed by atoms with Gasteiger partial charge in [0.25, 0.3) is 0 Å². The lowest BCUT2D eigenvalue weighted by atomic mass is 9.83. The number of hydrogen-bond donors (Lipinski definition) is 3. The molecule has 0 aliphatic carbocycles. The van der Waals surface area contributed by atoms with Gasteiger partial charge < -0.3 is 20.2 Å². The molecule has 2 atom stereocenters. The van der Waals surface area contributed by atoms with E-state index in [-0.39, 0.29) is 13.2 Å². The molecule has 1 aliphatic heterocycles. The van der Waals surface area contributed by atoms with Crippen LogP contribution in [0.4, 0.5) is 4.79 Å². The fourth-order valence-corrected chi connectivity index (χ4v) is 2.98. The molecule has 0 aromatic rings. The third-order valence-corrected chi connectivity index (χ3v) is 3.94. The van der Waals surface area contributed by atoms with E-state index < -0.39 is 6.09 Å². The van der Waals surface area contributed by atoms with Crippen LogP contribution in [0.15, 0.2) is 0 Å². The maximum absolute atomic E-state index is 11.2. The van der Waals surface area contributed by atoms with Gasteiger partial charge in [-0.2, -0.15) is 0 Å². The van der Waals surface area contributed by atoms with Crippen LogP contribution < -0.4 is 0 Å². The van der Waals surface area contributed by atoms with Crippen molar-refractivity contribution < 1.29 is 20.1 Å². The van der Waals surface area contributed by atoms with Gasteiger partial charge >= 0.3 is 6.09 Å². The molecule has 0 aromatic carbocycles. The van der Waals surface area contributed by atoms with Crippen molar-refractivity contribution in [1.29, 1.82) is 0 Å². The van der Waals surface area contributed by atoms with E-state index in [0.717, 1.165) is 44.9 Å². The maximum Gasteiger partial charge on any atom is 0.407 e. The van der Waals surface area contributed by atoms with Gasteiger partial charge in [0.05, 0.1) is 0 Å². The smallest absolute Gasteiger partial charge is 0.407 e. The van der Waals surface area contributed by atoms with Crippen LogP contribution >= 0.6 is 0 Å². The van der Waals surface area contributed by atoms with Crippen molar-refractivity contribution in [3.8, 4) is 0 Å². The second-order valence-corrected chi connectivity index (χ2v) is 5.59. The number of aliphatic hydroxyl groups is 2. The van der Waals surface area contributed by atoms with E-state index in [4.69, 9.17) is 15.3 Å². The quantitative estimate of drug-likeness (QED) is 0.590. The molecule has 2 unspecified atom stereocenters. The minimum absolute atomic E-state index is 0.218. The third kappa shape index (κ3) is 6.25. The molecule has 5 heteroatoms. The van der Waals surface area contributed by atoms with E-state index in [9.17, 15) is 4.79 Å². The summed E-state index contributed by atoms with van der Waals surface area (Å²) in [6, 6.07) is 0. The predicted octanol–water partition coefficient (Wildman–Crippen LogP) is 1.93. The average Bonchev–Trinajstić information content (AvgIpc) is 2.39. The molecule has 0 bridgehead atoms. The standard InChI is InChI=1S/C14H27NO4/c16-7-3-1-5-12-9-13(6-2-4-8-17)11-15(10-12)14(18)19/h12-13,16-17H,1-11H2,(H,18,19). The summed E-state index contributed by atoms with van der Waals surface area (Å²) in [5.41, 5.74) is 0. The Labute approximate surface area is 115 Å². The molecule has 5 nitrogen and oxygen atoms in total. The lowest BCUT2D eigenvalue weighted by Crippen LogP contribution is -2.43. The minimum Gasteiger partial charge on any atom is -0.465 e. The Morgan fingerprint density at radius 3 is 1.79 bits per heavy atom. The number of hydrogen-bond acceptors (Lipinski definition) is 3. The van der Waals surface area contributed by atoms with E-state index in [0.29, 0.717) is 24.9 Å². The highest BCUT2D eigenvalue weighted by Gasteiger charge is 2.29. The van der Waals surface area contributed by atoms with Gasteiger partial charge in [0.15, 0.2) is 0 Å². The maximum atomic E-state index is 11.2. The highest BCUT2D eigenvalue weighted by molar-refractivity contribution is 5.65. The molecule has 1 fully saturated rings. The van der Waals surface area contributed by atoms with E-state index in [1.165, 1.54) is 4.90 Å². The molecular weight excluding hydrogens is 246 g/mol. The van der Waals surface area contributed by atoms with Gasteiger partial charge in [-0.05, 0) is 43.9 Å². The largest absolute Gasteiger partial charge is 0.465 e. The summed E-state index contributed by atoms with van der Waals surface area (Å²) in [5, 5.41) is 26.8. The molecule has 0 spiro atoms. The van der Waals surface area contributed by atoms with E-state index >= 15 is 0 Å². The number of rotatable bonds is 8. The Balaban J connectivity index is 2.40. The first-order valence-corrected chi connectivity index (χ1v) is 7.37. The van der Waals surface area contributed by atoms with Crippen LogP contribution in [0, 0.1) is 11.8 Å². The van der Waals surface area contributed by atoms with Crippen LogP contribution in [0.5, 0.6) is 0 Å². The molecule has 1 aliphatic rings. The molecule has 0 radical (unpaired) electrons. The molecule has 0 aromatic heterocycles. The molecular formula is C14H27NO4. The number of nitrogens with zero attached hydrogens (tertiary/aromatic N) is 1. The van der Waals surface area contributed by atoms with Crippen molar-refractivity contribution in [3.05, 3.63) is 0 Å². The zero-order valence-corrected chi connectivity index (χ0v) is 11.6. The molecule has 1 amide bonds. The first-order chi connectivity index (χ1) is 9.17. The predicted molar refractivity (Wildman–Crippen MR) is 73.1 cm³/mol. The van der Waals surface area contributed by atoms with Crippen LogP contribution in [-0.2, 0) is 0 Å². The normalized spacial score (nSPS) is 23.6. The fraction of sp³-hybridized carbons (Fsp3) is 0.929. The van der Waals surface area contributed by atoms with Gasteiger partial charge in [0.1, 0.15) is 0 Å². The Morgan fingerprint density at radius 1 is 0.947 bits per heavy atom. The Hall–Kier alpha value is -0.810. The number of unbranched alkanes of at least 4 members (excludes halogenated alkanes) is 2. The van der Waals surface area contributed by atoms with Crippen LogP contribution in [-0.4, -0.2) is 52.6 Å². The second kappa shape index (κ2) is 9.15. The van der Waals surface area contributed by atoms with Crippen LogP contribution in [0.1, 0.15) is 44.9 Å². The molecule has 0 saturated carbocycles. The summed E-state index contributed by atoms with van der Waals surface area (Å²) in [5.74, 6) is 0.853. The molecule has 112 valence electrons. The minimum atomic E-state index is -0.820. The summed E-state index contributed by atoms with van der Waals surface area (Å²) in [4.78, 5) is 12.7. The van der Waals surface area contributed by atoms with Crippen molar-refractivity contribution in [1.82, 2.24) is 4.90 Å². The summed E-state index contributed by atoms with van der Waals surface area (Å²) in [7, 11) is 0. The number of carbonyl (C=O) groups is 1. The SMILES string of the molecule is O=C(O)N1CC(CCCCO)CC(CCCCO)C1. The number of aliphatic hydroxyl groups excluding tert-OH is 2. The van der Waals surface area contributed by atoms with Crippen molar-refractivity contribution in [3.63, 3.8) is 0 Å². The van der Waals surface area contributed by atoms with Gasteiger partial charge in [-0.3, -0.25) is 0 Å². The van der Waals surface area contributed by atoms with Gasteiger partial charge in [-0.15, -0.1) is 0 Å². The number of likely N-dealkylation sites (tertiary alicyclic amines) is 1. The lowest BCUT2D eigenvalue weighted by molar-refractivity contribution is 0.0906. The Morgan fingerprint density at radius 2 is 1.42 bits per heavy atom. The van der Waals surface area contributed by atoms with Crippen LogP contribution in [0.3, 0.4) is 0 Å². The zero-order valence-electron chi connectivity index (χ0n) is 11.6. The molecule has 19 heavy (non-hydrogen) atoms. The third-order valence-electron chi connectivity index (χ3n) is 3.94. The van der Waals surface area contributed by atoms with Crippen molar-refractivity contribution in [2.24, 2.45) is 11.8 Å². The van der Waals surface area contributed by atoms with E-state index in [1.54, 1.807) is 0 Å². The summed E-state index contributed by atoms with van der Waals surface area (Å²) >= 11 is 0. The first kappa shape index (κ1) is 16.2. The van der Waals surface area contributed by atoms with Crippen molar-refractivity contribution >= 4 is 6.09 Å². The molecule has 3 N–H and O–H groups in total. The van der Waals surface area contributed by atoms with E-state index in [2.05, 4.69) is 0 Å². The van der Waals surface area contributed by atoms with Gasteiger partial charge in [-0.1, -0.05) is 12.8 Å². The second-order valence-electron chi connectivity index (χ2n) is 5.59. The number of piperidine rings is 1. The highest BCUT2D eigenvalue weighted by Crippen LogP contribution is 2.29. The summed E-state index contributed by atoms with van der Waals surface area (Å²) in [6.45, 7) is 1.71. The Kier molecular flexibility index (Phi) is 7.82. The van der Waals surface area contributed by atoms with Crippen LogP contribution in [0.2, 0.25) is 0 Å². The highest BCUT2D eigenvalue weighted by atomic mass is 16.4. The Bertz CT molecular complexity index is 242. The fourth-order valence-electron chi connectivity index (χ4n) is 2.98. The monoisotopic (exact) mass is 273 g/mol. The van der Waals surface area contributed by atoms with E-state index in [1.807, 2.05) is 0 Å². The number of carboxylic acid groups (broad SMARTS) is 1. The van der Waals surface area contributed by atoms with Gasteiger partial charge in [0.2, 0.25) is 0 Å². The van der Waals surface area contributed by atoms with Crippen molar-refractivity contribution in [2.75, 3.05) is 26.3 Å². The lowest BCUT2D eigenvalue weighted by Gasteiger charge is -2.36.